The number of carbonyl (C=O) groups is 2. The highest BCUT2D eigenvalue weighted by atomic mass is 16.6. The zero-order valence-corrected chi connectivity index (χ0v) is 18.5. The van der Waals surface area contributed by atoms with E-state index in [1.807, 2.05) is 24.3 Å². The molecular formula is C26H23NO7. The van der Waals surface area contributed by atoms with Crippen LogP contribution in [-0.2, 0) is 16.0 Å². The summed E-state index contributed by atoms with van der Waals surface area (Å²) in [7, 11) is 1.60. The minimum atomic E-state index is -0.846. The molecule has 0 bridgehead atoms. The number of furan rings is 1. The second kappa shape index (κ2) is 8.97. The van der Waals surface area contributed by atoms with Gasteiger partial charge in [-0.1, -0.05) is 12.1 Å². The quantitative estimate of drug-likeness (QED) is 0.339. The van der Waals surface area contributed by atoms with Crippen molar-refractivity contribution in [3.63, 3.8) is 0 Å². The van der Waals surface area contributed by atoms with Crippen molar-refractivity contribution in [1.29, 1.82) is 0 Å². The molecule has 174 valence electrons. The highest BCUT2D eigenvalue weighted by Crippen LogP contribution is 2.41. The van der Waals surface area contributed by atoms with Gasteiger partial charge < -0.3 is 28.6 Å². The van der Waals surface area contributed by atoms with Gasteiger partial charge in [0.1, 0.15) is 36.5 Å². The van der Waals surface area contributed by atoms with Crippen molar-refractivity contribution in [1.82, 2.24) is 4.90 Å². The number of aliphatic hydroxyl groups excluding tert-OH is 1. The first kappa shape index (κ1) is 21.6. The van der Waals surface area contributed by atoms with Crippen LogP contribution >= 0.6 is 0 Å². The van der Waals surface area contributed by atoms with Gasteiger partial charge in [0.25, 0.3) is 11.7 Å². The molecule has 1 fully saturated rings. The van der Waals surface area contributed by atoms with Gasteiger partial charge in [-0.25, -0.2) is 0 Å². The van der Waals surface area contributed by atoms with E-state index in [-0.39, 0.29) is 17.9 Å². The SMILES string of the molecule is COc1ccc(CCN2C(=O)C(=O)/C(=C(\O)c3ccc4c(c3)OCCO4)C2c2ccco2)cc1. The van der Waals surface area contributed by atoms with E-state index in [1.54, 1.807) is 37.4 Å². The largest absolute Gasteiger partial charge is 0.507 e. The summed E-state index contributed by atoms with van der Waals surface area (Å²) < 4.78 is 21.9. The predicted octanol–water partition coefficient (Wildman–Crippen LogP) is 3.72. The van der Waals surface area contributed by atoms with E-state index in [1.165, 1.54) is 11.2 Å². The molecule has 5 rings (SSSR count). The number of methoxy groups -OCH3 is 1. The van der Waals surface area contributed by atoms with Gasteiger partial charge in [0.2, 0.25) is 0 Å². The lowest BCUT2D eigenvalue weighted by molar-refractivity contribution is -0.140. The molecule has 0 saturated carbocycles. The summed E-state index contributed by atoms with van der Waals surface area (Å²) in [6.07, 6.45) is 1.99. The van der Waals surface area contributed by atoms with Crippen LogP contribution in [0.15, 0.2) is 70.9 Å². The Kier molecular flexibility index (Phi) is 5.71. The van der Waals surface area contributed by atoms with E-state index in [0.717, 1.165) is 11.3 Å². The van der Waals surface area contributed by atoms with Gasteiger partial charge in [-0.05, 0) is 54.4 Å². The number of ketones is 1. The lowest BCUT2D eigenvalue weighted by Gasteiger charge is -2.23. The number of aliphatic hydroxyl groups is 1. The number of benzene rings is 2. The number of hydrogen-bond donors (Lipinski definition) is 1. The second-order valence-electron chi connectivity index (χ2n) is 7.96. The van der Waals surface area contributed by atoms with Crippen LogP contribution in [0.2, 0.25) is 0 Å². The topological polar surface area (TPSA) is 98.4 Å². The summed E-state index contributed by atoms with van der Waals surface area (Å²) in [5, 5.41) is 11.2. The Bertz CT molecular complexity index is 1240. The molecule has 1 unspecified atom stereocenters. The van der Waals surface area contributed by atoms with Crippen molar-refractivity contribution in [2.75, 3.05) is 26.9 Å². The minimum absolute atomic E-state index is 0.0219. The Labute approximate surface area is 196 Å². The maximum Gasteiger partial charge on any atom is 0.295 e. The van der Waals surface area contributed by atoms with Crippen LogP contribution in [0, 0.1) is 0 Å². The van der Waals surface area contributed by atoms with Gasteiger partial charge in [0.15, 0.2) is 11.5 Å². The van der Waals surface area contributed by atoms with Gasteiger partial charge in [-0.15, -0.1) is 0 Å². The van der Waals surface area contributed by atoms with Gasteiger partial charge in [0.05, 0.1) is 18.9 Å². The highest BCUT2D eigenvalue weighted by molar-refractivity contribution is 6.46. The Balaban J connectivity index is 1.50. The number of likely N-dealkylation sites (tertiary alicyclic amines) is 1. The van der Waals surface area contributed by atoms with Crippen molar-refractivity contribution in [2.45, 2.75) is 12.5 Å². The van der Waals surface area contributed by atoms with E-state index < -0.39 is 17.7 Å². The monoisotopic (exact) mass is 461 g/mol. The maximum atomic E-state index is 13.1. The van der Waals surface area contributed by atoms with Crippen LogP contribution < -0.4 is 14.2 Å². The van der Waals surface area contributed by atoms with Gasteiger partial charge in [-0.2, -0.15) is 0 Å². The predicted molar refractivity (Wildman–Crippen MR) is 122 cm³/mol. The van der Waals surface area contributed by atoms with Crippen LogP contribution in [0.4, 0.5) is 0 Å². The smallest absolute Gasteiger partial charge is 0.295 e. The van der Waals surface area contributed by atoms with Crippen molar-refractivity contribution < 1.29 is 33.3 Å². The first-order valence-electron chi connectivity index (χ1n) is 10.9. The van der Waals surface area contributed by atoms with Crippen molar-refractivity contribution in [3.05, 3.63) is 83.3 Å². The van der Waals surface area contributed by atoms with Crippen LogP contribution in [0.5, 0.6) is 17.2 Å². The van der Waals surface area contributed by atoms with Crippen LogP contribution in [0.25, 0.3) is 5.76 Å². The number of amides is 1. The van der Waals surface area contributed by atoms with Gasteiger partial charge >= 0.3 is 0 Å². The van der Waals surface area contributed by atoms with Crippen molar-refractivity contribution >= 4 is 17.4 Å². The average molecular weight is 461 g/mol. The van der Waals surface area contributed by atoms with Gasteiger partial charge in [0, 0.05) is 12.1 Å². The van der Waals surface area contributed by atoms with E-state index in [4.69, 9.17) is 18.6 Å². The molecule has 1 saturated heterocycles. The molecule has 1 N–H and O–H groups in total. The molecule has 3 heterocycles. The molecule has 0 spiro atoms. The number of nitrogens with zero attached hydrogens (tertiary/aromatic N) is 1. The first-order valence-corrected chi connectivity index (χ1v) is 10.9. The first-order chi connectivity index (χ1) is 16.6. The third kappa shape index (κ3) is 3.87. The number of rotatable bonds is 6. The third-order valence-corrected chi connectivity index (χ3v) is 5.97. The normalized spacial score (nSPS) is 18.9. The lowest BCUT2D eigenvalue weighted by Crippen LogP contribution is -2.31. The zero-order chi connectivity index (χ0) is 23.7. The Morgan fingerprint density at radius 1 is 1.06 bits per heavy atom. The average Bonchev–Trinajstić information content (AvgIpc) is 3.49. The minimum Gasteiger partial charge on any atom is -0.507 e. The molecule has 2 aliphatic heterocycles. The van der Waals surface area contributed by atoms with Crippen LogP contribution in [0.1, 0.15) is 22.9 Å². The summed E-state index contributed by atoms with van der Waals surface area (Å²) in [5.41, 5.74) is 1.31. The molecule has 3 aromatic rings. The fraction of sp³-hybridized carbons (Fsp3) is 0.231. The summed E-state index contributed by atoms with van der Waals surface area (Å²) >= 11 is 0. The zero-order valence-electron chi connectivity index (χ0n) is 18.5. The van der Waals surface area contributed by atoms with Crippen molar-refractivity contribution in [3.8, 4) is 17.2 Å². The number of fused-ring (bicyclic) bond motifs is 1. The Hall–Kier alpha value is -4.20. The van der Waals surface area contributed by atoms with E-state index in [9.17, 15) is 14.7 Å². The molecule has 0 aliphatic carbocycles. The Morgan fingerprint density at radius 3 is 2.53 bits per heavy atom. The fourth-order valence-electron chi connectivity index (χ4n) is 4.24. The van der Waals surface area contributed by atoms with Crippen LogP contribution in [-0.4, -0.2) is 48.6 Å². The molecule has 1 aromatic heterocycles. The molecule has 2 aliphatic rings. The summed E-state index contributed by atoms with van der Waals surface area (Å²) in [4.78, 5) is 27.6. The molecule has 8 heteroatoms. The maximum absolute atomic E-state index is 13.1. The third-order valence-electron chi connectivity index (χ3n) is 5.97. The summed E-state index contributed by atoms with van der Waals surface area (Å²) in [6, 6.07) is 14.9. The van der Waals surface area contributed by atoms with Crippen molar-refractivity contribution in [2.24, 2.45) is 0 Å². The van der Waals surface area contributed by atoms with Gasteiger partial charge in [-0.3, -0.25) is 9.59 Å². The molecule has 8 nitrogen and oxygen atoms in total. The molecular weight excluding hydrogens is 438 g/mol. The second-order valence-corrected chi connectivity index (χ2v) is 7.96. The Morgan fingerprint density at radius 2 is 1.82 bits per heavy atom. The molecule has 1 atom stereocenters. The van der Waals surface area contributed by atoms with E-state index >= 15 is 0 Å². The number of hydrogen-bond acceptors (Lipinski definition) is 7. The standard InChI is InChI=1S/C26H23NO7/c1-31-18-7-4-16(5-8-18)10-11-27-23(20-3-2-12-32-20)22(25(29)26(27)30)24(28)17-6-9-19-21(15-17)34-14-13-33-19/h2-9,12,15,23,28H,10-11,13-14H2,1H3/b24-22-. The summed E-state index contributed by atoms with van der Waals surface area (Å²) in [6.45, 7) is 1.09. The number of ether oxygens (including phenoxy) is 3. The van der Waals surface area contributed by atoms with E-state index in [0.29, 0.717) is 42.5 Å². The highest BCUT2D eigenvalue weighted by Gasteiger charge is 2.47. The summed E-state index contributed by atoms with van der Waals surface area (Å²) in [5.74, 6) is 0.428. The molecule has 0 radical (unpaired) electrons. The number of carbonyl (C=O) groups excluding carboxylic acids is 2. The number of Topliss-reactive ketones (excluding diaryl/α,β-unsaturated/α-hetero) is 1. The van der Waals surface area contributed by atoms with Crippen LogP contribution in [0.3, 0.4) is 0 Å². The molecule has 1 amide bonds. The molecule has 34 heavy (non-hydrogen) atoms. The fourth-order valence-corrected chi connectivity index (χ4v) is 4.24. The van der Waals surface area contributed by atoms with E-state index in [2.05, 4.69) is 0 Å². The molecule has 2 aromatic carbocycles. The lowest BCUT2D eigenvalue weighted by atomic mass is 9.99.